The van der Waals surface area contributed by atoms with Crippen LogP contribution in [-0.2, 0) is 17.2 Å². The Labute approximate surface area is 137 Å². The Morgan fingerprint density at radius 1 is 0.682 bits per heavy atom. The van der Waals surface area contributed by atoms with Crippen molar-refractivity contribution in [2.24, 2.45) is 0 Å². The Kier molecular flexibility index (Phi) is 4.85. The Morgan fingerprint density at radius 2 is 1.18 bits per heavy atom. The van der Waals surface area contributed by atoms with Gasteiger partial charge in [-0.25, -0.2) is 6.32 Å². The molecular weight excluding hydrogens is 263 g/mol. The van der Waals surface area contributed by atoms with Crippen molar-refractivity contribution in [3.8, 4) is 0 Å². The summed E-state index contributed by atoms with van der Waals surface area (Å²) in [5, 5.41) is 0. The van der Waals surface area contributed by atoms with Gasteiger partial charge in [-0.15, -0.1) is 0 Å². The summed E-state index contributed by atoms with van der Waals surface area (Å²) in [5.41, 5.74) is 5.98. The van der Waals surface area contributed by atoms with Crippen LogP contribution in [0.25, 0.3) is 0 Å². The predicted octanol–water partition coefficient (Wildman–Crippen LogP) is 4.81. The van der Waals surface area contributed by atoms with Crippen LogP contribution < -0.4 is 5.46 Å². The molecule has 0 heterocycles. The van der Waals surface area contributed by atoms with E-state index in [0.717, 1.165) is 6.32 Å². The molecule has 116 valence electrons. The molecule has 2 aromatic carbocycles. The van der Waals surface area contributed by atoms with Crippen LogP contribution in [0.5, 0.6) is 0 Å². The van der Waals surface area contributed by atoms with Gasteiger partial charge in [-0.2, -0.15) is 0 Å². The van der Waals surface area contributed by atoms with Gasteiger partial charge in [0, 0.05) is 0 Å². The lowest BCUT2D eigenvalue weighted by Gasteiger charge is -2.37. The van der Waals surface area contributed by atoms with E-state index in [2.05, 4.69) is 97.4 Å². The summed E-state index contributed by atoms with van der Waals surface area (Å²) >= 11 is 0. The Bertz CT molecular complexity index is 580. The van der Waals surface area contributed by atoms with Gasteiger partial charge < -0.3 is 0 Å². The lowest BCUT2D eigenvalue weighted by Crippen LogP contribution is -2.35. The molecule has 0 atom stereocenters. The number of rotatable bonds is 3. The zero-order valence-electron chi connectivity index (χ0n) is 14.9. The maximum absolute atomic E-state index is 2.41. The van der Waals surface area contributed by atoms with Crippen molar-refractivity contribution in [2.45, 2.75) is 58.7 Å². The van der Waals surface area contributed by atoms with E-state index in [1.165, 1.54) is 22.2 Å². The maximum atomic E-state index is 2.41. The molecule has 0 aliphatic rings. The summed E-state index contributed by atoms with van der Waals surface area (Å²) in [7, 11) is 2.41. The molecule has 0 bridgehead atoms. The highest BCUT2D eigenvalue weighted by Gasteiger charge is 2.19. The van der Waals surface area contributed by atoms with Gasteiger partial charge in [0.2, 0.25) is 0 Å². The minimum absolute atomic E-state index is 0.157. The molecule has 0 aliphatic carbocycles. The van der Waals surface area contributed by atoms with Crippen molar-refractivity contribution in [2.75, 3.05) is 0 Å². The van der Waals surface area contributed by atoms with E-state index in [1.54, 1.807) is 0 Å². The van der Waals surface area contributed by atoms with Crippen LogP contribution in [0.15, 0.2) is 48.5 Å². The minimum atomic E-state index is 0.157. The number of benzene rings is 2. The van der Waals surface area contributed by atoms with Gasteiger partial charge in [-0.3, -0.25) is 12.7 Å². The first kappa shape index (κ1) is 16.9. The molecule has 0 spiro atoms. The lowest BCUT2D eigenvalue weighted by molar-refractivity contribution is 0.575. The van der Waals surface area contributed by atoms with Crippen LogP contribution in [0.3, 0.4) is 0 Å². The summed E-state index contributed by atoms with van der Waals surface area (Å²) in [6, 6.07) is 17.5. The third-order valence-electron chi connectivity index (χ3n) is 4.11. The second-order valence-electron chi connectivity index (χ2n) is 8.16. The van der Waals surface area contributed by atoms with E-state index < -0.39 is 0 Å². The Hall–Kier alpha value is -1.50. The summed E-state index contributed by atoms with van der Waals surface area (Å²) in [6.45, 7) is 13.8. The molecule has 0 unspecified atom stereocenters. The third-order valence-corrected chi connectivity index (χ3v) is 4.11. The van der Waals surface area contributed by atoms with Crippen LogP contribution in [0.1, 0.15) is 58.2 Å². The molecule has 2 rings (SSSR count). The Morgan fingerprint density at radius 3 is 1.64 bits per heavy atom. The number of hydrogen-bond acceptors (Lipinski definition) is 0. The van der Waals surface area contributed by atoms with Crippen molar-refractivity contribution >= 4 is 12.7 Å². The normalized spacial score (nSPS) is 12.5. The molecule has 0 fully saturated rings. The molecule has 0 saturated carbocycles. The van der Waals surface area contributed by atoms with Gasteiger partial charge in [0.1, 0.15) is 0 Å². The van der Waals surface area contributed by atoms with Gasteiger partial charge in [-0.1, -0.05) is 107 Å². The van der Waals surface area contributed by atoms with E-state index in [0.29, 0.717) is 0 Å². The molecule has 0 amide bonds. The largest absolute Gasteiger partial charge is 0.290 e. The highest BCUT2D eigenvalue weighted by atomic mass is 14.3. The van der Waals surface area contributed by atoms with Crippen LogP contribution in [0.4, 0.5) is 0 Å². The van der Waals surface area contributed by atoms with E-state index in [1.807, 2.05) is 0 Å². The van der Waals surface area contributed by atoms with Crippen molar-refractivity contribution in [3.05, 3.63) is 65.2 Å². The number of hydrogen-bond donors (Lipinski definition) is 0. The van der Waals surface area contributed by atoms with E-state index in [9.17, 15) is 0 Å². The van der Waals surface area contributed by atoms with Crippen LogP contribution in [0.2, 0.25) is 0 Å². The highest BCUT2D eigenvalue weighted by molar-refractivity contribution is 6.54. The van der Waals surface area contributed by atoms with Crippen molar-refractivity contribution in [1.29, 1.82) is 0 Å². The van der Waals surface area contributed by atoms with E-state index in [-0.39, 0.29) is 10.8 Å². The zero-order chi connectivity index (χ0) is 16.4. The summed E-state index contributed by atoms with van der Waals surface area (Å²) in [5.74, 6) is 0. The molecule has 22 heavy (non-hydrogen) atoms. The first-order chi connectivity index (χ1) is 10.2. The van der Waals surface area contributed by atoms with Crippen LogP contribution >= 0.6 is 0 Å². The molecule has 0 N–H and O–H groups in total. The molecule has 0 aromatic heterocycles. The topological polar surface area (TPSA) is 0 Å². The minimum Gasteiger partial charge on any atom is -0.290 e. The van der Waals surface area contributed by atoms with Gasteiger partial charge in [0.25, 0.3) is 0 Å². The summed E-state index contributed by atoms with van der Waals surface area (Å²) in [4.78, 5) is 0. The zero-order valence-corrected chi connectivity index (χ0v) is 14.9. The fourth-order valence-corrected chi connectivity index (χ4v) is 2.93. The van der Waals surface area contributed by atoms with Crippen molar-refractivity contribution in [3.63, 3.8) is 0 Å². The fraction of sp³-hybridized carbons (Fsp3) is 0.429. The van der Waals surface area contributed by atoms with Crippen molar-refractivity contribution in [1.82, 2.24) is 0 Å². The third kappa shape index (κ3) is 4.03. The maximum Gasteiger partial charge on any atom is -0.0165 e. The first-order valence-electron chi connectivity index (χ1n) is 8.21. The molecular formula is C21H28B-. The van der Waals surface area contributed by atoms with Crippen LogP contribution in [0, 0.1) is 0 Å². The monoisotopic (exact) mass is 291 g/mol. The molecule has 1 heteroatoms. The smallest absolute Gasteiger partial charge is 0.0165 e. The van der Waals surface area contributed by atoms with Gasteiger partial charge in [0.15, 0.2) is 0 Å². The van der Waals surface area contributed by atoms with E-state index in [4.69, 9.17) is 0 Å². The Balaban J connectivity index is 2.42. The van der Waals surface area contributed by atoms with Crippen molar-refractivity contribution < 1.29 is 0 Å². The van der Waals surface area contributed by atoms with Gasteiger partial charge in [0.05, 0.1) is 0 Å². The second-order valence-corrected chi connectivity index (χ2v) is 8.16. The fourth-order valence-electron chi connectivity index (χ4n) is 2.93. The standard InChI is InChI=1S/C21H28B/c1-20(2,3)17-13-10-14-18(21(4,5)6)19(17)22-15-16-11-8-7-9-12-16/h7-14H,15H2,1-6H3/q-1. The molecule has 0 aliphatic heterocycles. The molecule has 2 radical (unpaired) electrons. The quantitative estimate of drug-likeness (QED) is 0.712. The summed E-state index contributed by atoms with van der Waals surface area (Å²) in [6.07, 6.45) is 0.983. The lowest BCUT2D eigenvalue weighted by atomic mass is 9.57. The average molecular weight is 291 g/mol. The summed E-state index contributed by atoms with van der Waals surface area (Å²) < 4.78 is 0. The van der Waals surface area contributed by atoms with Gasteiger partial charge in [-0.05, 0) is 10.8 Å². The van der Waals surface area contributed by atoms with Gasteiger partial charge >= 0.3 is 0 Å². The molecule has 0 nitrogen and oxygen atoms in total. The SMILES string of the molecule is CC(C)(C)c1cccc(C(C)(C)C)c1[B-]Cc1ccccc1. The predicted molar refractivity (Wildman–Crippen MR) is 99.4 cm³/mol. The average Bonchev–Trinajstić information content (AvgIpc) is 2.44. The first-order valence-corrected chi connectivity index (χ1v) is 8.21. The molecule has 2 aromatic rings. The van der Waals surface area contributed by atoms with E-state index >= 15 is 0 Å². The second kappa shape index (κ2) is 6.32. The molecule has 0 saturated heterocycles. The van der Waals surface area contributed by atoms with Crippen LogP contribution in [-0.4, -0.2) is 7.28 Å². The highest BCUT2D eigenvalue weighted by Crippen LogP contribution is 2.26.